The highest BCUT2D eigenvalue weighted by Gasteiger charge is 2.25. The molecule has 0 atom stereocenters. The van der Waals surface area contributed by atoms with Crippen molar-refractivity contribution in [1.29, 1.82) is 0 Å². The second kappa shape index (κ2) is 9.32. The maximum Gasteiger partial charge on any atom is 0.268 e. The second-order valence-corrected chi connectivity index (χ2v) is 10.0. The summed E-state index contributed by atoms with van der Waals surface area (Å²) < 4.78 is 39.4. The molecule has 0 amide bonds. The van der Waals surface area contributed by atoms with E-state index in [2.05, 4.69) is 4.90 Å². The molecule has 6 nitrogen and oxygen atoms in total. The third kappa shape index (κ3) is 4.45. The van der Waals surface area contributed by atoms with Gasteiger partial charge in [0, 0.05) is 28.3 Å². The number of aromatic nitrogens is 1. The Morgan fingerprint density at radius 3 is 2.33 bits per heavy atom. The predicted octanol–water partition coefficient (Wildman–Crippen LogP) is 4.25. The van der Waals surface area contributed by atoms with Gasteiger partial charge < -0.3 is 14.4 Å². The molecule has 0 saturated carbocycles. The fraction of sp³-hybridized carbons (Fsp3) is 0.364. The minimum Gasteiger partial charge on any atom is -0.497 e. The molecule has 162 valence electrons. The Kier molecular flexibility index (Phi) is 7.00. The van der Waals surface area contributed by atoms with Gasteiger partial charge in [0.05, 0.1) is 24.1 Å². The number of rotatable bonds is 9. The molecule has 3 rings (SSSR count). The van der Waals surface area contributed by atoms with Crippen LogP contribution in [0.5, 0.6) is 11.5 Å². The zero-order valence-electron chi connectivity index (χ0n) is 18.0. The molecule has 1 heterocycles. The van der Waals surface area contributed by atoms with Crippen LogP contribution in [0.3, 0.4) is 0 Å². The van der Waals surface area contributed by atoms with E-state index in [-0.39, 0.29) is 4.90 Å². The molecule has 0 spiro atoms. The van der Waals surface area contributed by atoms with Crippen molar-refractivity contribution in [2.24, 2.45) is 0 Å². The molecule has 0 aliphatic rings. The van der Waals surface area contributed by atoms with E-state index in [4.69, 9.17) is 9.47 Å². The van der Waals surface area contributed by atoms with Crippen LogP contribution < -0.4 is 9.47 Å². The van der Waals surface area contributed by atoms with Crippen molar-refractivity contribution in [2.75, 3.05) is 40.1 Å². The first kappa shape index (κ1) is 22.5. The summed E-state index contributed by atoms with van der Waals surface area (Å²) in [6.45, 7) is 5.24. The van der Waals surface area contributed by atoms with E-state index in [1.165, 1.54) is 3.97 Å². The summed E-state index contributed by atoms with van der Waals surface area (Å²) >= 11 is 1.67. The van der Waals surface area contributed by atoms with E-state index in [0.717, 1.165) is 28.3 Å². The normalized spacial score (nSPS) is 11.9. The fourth-order valence-electron chi connectivity index (χ4n) is 3.27. The van der Waals surface area contributed by atoms with Gasteiger partial charge in [-0.3, -0.25) is 0 Å². The van der Waals surface area contributed by atoms with Crippen LogP contribution >= 0.6 is 11.8 Å². The summed E-state index contributed by atoms with van der Waals surface area (Å²) in [5, 5.41) is 0.888. The summed E-state index contributed by atoms with van der Waals surface area (Å²) in [5.41, 5.74) is 1.36. The minimum absolute atomic E-state index is 0.224. The molecular formula is C22H28N2O4S2. The van der Waals surface area contributed by atoms with Crippen LogP contribution in [-0.2, 0) is 10.0 Å². The molecule has 2 aromatic carbocycles. The van der Waals surface area contributed by atoms with Gasteiger partial charge in [0.1, 0.15) is 11.5 Å². The van der Waals surface area contributed by atoms with Crippen LogP contribution in [0.15, 0.2) is 52.3 Å². The SMILES string of the molecule is CCOc1ccc2c(c1)c(SCCN(C)C)c(C)n2S(=O)(=O)c1ccc(OC)cc1. The molecule has 0 radical (unpaired) electrons. The van der Waals surface area contributed by atoms with Crippen LogP contribution in [0.4, 0.5) is 0 Å². The number of fused-ring (bicyclic) bond motifs is 1. The fourth-order valence-corrected chi connectivity index (χ4v) is 6.17. The lowest BCUT2D eigenvalue weighted by atomic mass is 10.2. The molecule has 3 aromatic rings. The highest BCUT2D eigenvalue weighted by Crippen LogP contribution is 2.38. The highest BCUT2D eigenvalue weighted by molar-refractivity contribution is 7.99. The van der Waals surface area contributed by atoms with E-state index >= 15 is 0 Å². The molecule has 0 aliphatic carbocycles. The topological polar surface area (TPSA) is 60.8 Å². The lowest BCUT2D eigenvalue weighted by molar-refractivity contribution is 0.340. The molecule has 0 saturated heterocycles. The average molecular weight is 449 g/mol. The number of benzene rings is 2. The van der Waals surface area contributed by atoms with E-state index < -0.39 is 10.0 Å². The van der Waals surface area contributed by atoms with Crippen LogP contribution in [-0.4, -0.2) is 57.4 Å². The molecular weight excluding hydrogens is 420 g/mol. The van der Waals surface area contributed by atoms with Gasteiger partial charge in [-0.1, -0.05) is 0 Å². The van der Waals surface area contributed by atoms with E-state index in [1.54, 1.807) is 43.1 Å². The van der Waals surface area contributed by atoms with E-state index in [0.29, 0.717) is 23.6 Å². The molecule has 30 heavy (non-hydrogen) atoms. The van der Waals surface area contributed by atoms with Crippen molar-refractivity contribution in [3.05, 3.63) is 48.2 Å². The van der Waals surface area contributed by atoms with Crippen LogP contribution in [0, 0.1) is 6.92 Å². The van der Waals surface area contributed by atoms with Crippen molar-refractivity contribution >= 4 is 32.7 Å². The van der Waals surface area contributed by atoms with Gasteiger partial charge in [0.2, 0.25) is 0 Å². The zero-order chi connectivity index (χ0) is 21.9. The number of methoxy groups -OCH3 is 1. The zero-order valence-corrected chi connectivity index (χ0v) is 19.6. The van der Waals surface area contributed by atoms with Crippen LogP contribution in [0.1, 0.15) is 12.6 Å². The van der Waals surface area contributed by atoms with Gasteiger partial charge in [-0.05, 0) is 70.4 Å². The molecule has 1 aromatic heterocycles. The Morgan fingerprint density at radius 1 is 1.07 bits per heavy atom. The lowest BCUT2D eigenvalue weighted by Gasteiger charge is -2.11. The Labute approximate surface area is 182 Å². The number of hydrogen-bond acceptors (Lipinski definition) is 6. The van der Waals surface area contributed by atoms with Gasteiger partial charge in [0.25, 0.3) is 10.0 Å². The van der Waals surface area contributed by atoms with Crippen molar-refractivity contribution in [3.8, 4) is 11.5 Å². The van der Waals surface area contributed by atoms with Crippen LogP contribution in [0.2, 0.25) is 0 Å². The van der Waals surface area contributed by atoms with Gasteiger partial charge in [-0.15, -0.1) is 11.8 Å². The molecule has 0 bridgehead atoms. The maximum atomic E-state index is 13.5. The average Bonchev–Trinajstić information content (AvgIpc) is 3.00. The van der Waals surface area contributed by atoms with Gasteiger partial charge >= 0.3 is 0 Å². The Balaban J connectivity index is 2.16. The standard InChI is InChI=1S/C22H28N2O4S2/c1-6-28-18-9-12-21-20(15-18)22(29-14-13-23(3)4)16(2)24(21)30(25,26)19-10-7-17(27-5)8-11-19/h7-12,15H,6,13-14H2,1-5H3. The minimum atomic E-state index is -3.77. The maximum absolute atomic E-state index is 13.5. The van der Waals surface area contributed by atoms with E-state index in [1.807, 2.05) is 46.1 Å². The Bertz CT molecular complexity index is 1120. The molecule has 0 unspecified atom stereocenters. The Hall–Kier alpha value is -2.16. The first-order chi connectivity index (χ1) is 14.3. The van der Waals surface area contributed by atoms with Crippen molar-refractivity contribution in [3.63, 3.8) is 0 Å². The molecule has 8 heteroatoms. The lowest BCUT2D eigenvalue weighted by Crippen LogP contribution is -2.15. The number of thioether (sulfide) groups is 1. The third-order valence-corrected chi connectivity index (χ3v) is 7.77. The highest BCUT2D eigenvalue weighted by atomic mass is 32.2. The summed E-state index contributed by atoms with van der Waals surface area (Å²) in [7, 11) is 1.84. The Morgan fingerprint density at radius 2 is 1.73 bits per heavy atom. The van der Waals surface area contributed by atoms with E-state index in [9.17, 15) is 8.42 Å². The second-order valence-electron chi connectivity index (χ2n) is 7.12. The monoisotopic (exact) mass is 448 g/mol. The quantitative estimate of drug-likeness (QED) is 0.456. The first-order valence-corrected chi connectivity index (χ1v) is 12.2. The van der Waals surface area contributed by atoms with Gasteiger partial charge in [-0.25, -0.2) is 12.4 Å². The van der Waals surface area contributed by atoms with Gasteiger partial charge in [0.15, 0.2) is 0 Å². The number of hydrogen-bond donors (Lipinski definition) is 0. The van der Waals surface area contributed by atoms with Gasteiger partial charge in [-0.2, -0.15) is 0 Å². The van der Waals surface area contributed by atoms with Crippen LogP contribution in [0.25, 0.3) is 10.9 Å². The molecule has 0 fully saturated rings. The smallest absolute Gasteiger partial charge is 0.268 e. The first-order valence-electron chi connectivity index (χ1n) is 9.74. The summed E-state index contributed by atoms with van der Waals surface area (Å²) in [6.07, 6.45) is 0. The summed E-state index contributed by atoms with van der Waals surface area (Å²) in [5.74, 6) is 2.21. The summed E-state index contributed by atoms with van der Waals surface area (Å²) in [4.78, 5) is 3.30. The van der Waals surface area contributed by atoms with Crippen molar-refractivity contribution < 1.29 is 17.9 Å². The summed E-state index contributed by atoms with van der Waals surface area (Å²) in [6, 6.07) is 12.1. The van der Waals surface area contributed by atoms with Crippen molar-refractivity contribution in [1.82, 2.24) is 8.87 Å². The number of ether oxygens (including phenoxy) is 2. The molecule has 0 N–H and O–H groups in total. The van der Waals surface area contributed by atoms with Crippen molar-refractivity contribution in [2.45, 2.75) is 23.6 Å². The largest absolute Gasteiger partial charge is 0.497 e. The predicted molar refractivity (Wildman–Crippen MR) is 123 cm³/mol. The third-order valence-electron chi connectivity index (χ3n) is 4.76. The number of nitrogens with zero attached hydrogens (tertiary/aromatic N) is 2. The molecule has 0 aliphatic heterocycles.